The Morgan fingerprint density at radius 2 is 1.94 bits per heavy atom. The molecule has 1 aromatic rings. The second-order valence-electron chi connectivity index (χ2n) is 5.55. The Bertz CT molecular complexity index is 393. The number of aliphatic hydroxyl groups is 1. The lowest BCUT2D eigenvalue weighted by atomic mass is 9.82. The van der Waals surface area contributed by atoms with Crippen LogP contribution < -0.4 is 4.90 Å². The largest absolute Gasteiger partial charge is 0.392 e. The minimum atomic E-state index is 0.00883. The summed E-state index contributed by atoms with van der Waals surface area (Å²) in [5.74, 6) is 0. The number of hydrogen-bond donors (Lipinski definition) is 1. The average Bonchev–Trinajstić information content (AvgIpc) is 2.29. The molecule has 1 saturated heterocycles. The molecular weight excluding hydrogens is 234 g/mol. The summed E-state index contributed by atoms with van der Waals surface area (Å²) in [7, 11) is 0. The van der Waals surface area contributed by atoms with E-state index < -0.39 is 0 Å². The monoisotopic (exact) mass is 253 g/mol. The van der Waals surface area contributed by atoms with Crippen molar-refractivity contribution < 1.29 is 5.11 Å². The predicted octanol–water partition coefficient (Wildman–Crippen LogP) is 3.46. The summed E-state index contributed by atoms with van der Waals surface area (Å²) in [5.41, 5.74) is 2.39. The van der Waals surface area contributed by atoms with Gasteiger partial charge in [-0.2, -0.15) is 0 Å². The van der Waals surface area contributed by atoms with Crippen molar-refractivity contribution in [2.45, 2.75) is 33.3 Å². The Morgan fingerprint density at radius 1 is 1.29 bits per heavy atom. The van der Waals surface area contributed by atoms with Crippen molar-refractivity contribution in [2.24, 2.45) is 5.41 Å². The van der Waals surface area contributed by atoms with Gasteiger partial charge in [-0.1, -0.05) is 31.5 Å². The highest BCUT2D eigenvalue weighted by Crippen LogP contribution is 2.35. The van der Waals surface area contributed by atoms with Crippen molar-refractivity contribution in [3.8, 4) is 0 Å². The summed E-state index contributed by atoms with van der Waals surface area (Å²) in [6.07, 6.45) is 2.37. The summed E-state index contributed by atoms with van der Waals surface area (Å²) in [6.45, 7) is 6.72. The number of rotatable bonds is 2. The van der Waals surface area contributed by atoms with E-state index in [0.717, 1.165) is 24.3 Å². The van der Waals surface area contributed by atoms with E-state index in [9.17, 15) is 5.11 Å². The van der Waals surface area contributed by atoms with E-state index in [1.165, 1.54) is 12.8 Å². The molecule has 1 fully saturated rings. The van der Waals surface area contributed by atoms with Gasteiger partial charge in [0, 0.05) is 29.4 Å². The molecule has 0 spiro atoms. The van der Waals surface area contributed by atoms with Crippen LogP contribution in [-0.2, 0) is 6.61 Å². The van der Waals surface area contributed by atoms with Crippen LogP contribution >= 0.6 is 11.6 Å². The molecule has 1 aromatic carbocycles. The van der Waals surface area contributed by atoms with Crippen molar-refractivity contribution >= 4 is 17.3 Å². The summed E-state index contributed by atoms with van der Waals surface area (Å²) in [5, 5.41) is 10.1. The van der Waals surface area contributed by atoms with Gasteiger partial charge in [0.05, 0.1) is 6.61 Å². The number of benzene rings is 1. The molecule has 2 rings (SSSR count). The third-order valence-electron chi connectivity index (χ3n) is 3.71. The van der Waals surface area contributed by atoms with Gasteiger partial charge in [-0.05, 0) is 30.4 Å². The minimum Gasteiger partial charge on any atom is -0.392 e. The first-order valence-corrected chi connectivity index (χ1v) is 6.54. The van der Waals surface area contributed by atoms with Crippen LogP contribution in [0.3, 0.4) is 0 Å². The molecule has 0 atom stereocenters. The molecule has 0 saturated carbocycles. The summed E-state index contributed by atoms with van der Waals surface area (Å²) < 4.78 is 0. The molecule has 0 aliphatic carbocycles. The van der Waals surface area contributed by atoms with Gasteiger partial charge >= 0.3 is 0 Å². The van der Waals surface area contributed by atoms with Gasteiger partial charge in [0.2, 0.25) is 0 Å². The molecule has 1 aliphatic rings. The van der Waals surface area contributed by atoms with Crippen LogP contribution in [0.1, 0.15) is 32.3 Å². The number of piperidine rings is 1. The zero-order chi connectivity index (χ0) is 12.5. The lowest BCUT2D eigenvalue weighted by Gasteiger charge is -2.39. The molecule has 0 unspecified atom stereocenters. The first kappa shape index (κ1) is 12.7. The van der Waals surface area contributed by atoms with E-state index >= 15 is 0 Å². The highest BCUT2D eigenvalue weighted by atomic mass is 35.5. The third kappa shape index (κ3) is 2.75. The number of halogens is 1. The fourth-order valence-corrected chi connectivity index (χ4v) is 2.58. The van der Waals surface area contributed by atoms with E-state index in [1.54, 1.807) is 0 Å². The smallest absolute Gasteiger partial charge is 0.0716 e. The van der Waals surface area contributed by atoms with Crippen LogP contribution in [0.15, 0.2) is 18.2 Å². The molecule has 2 nitrogen and oxygen atoms in total. The molecule has 0 aromatic heterocycles. The maximum absolute atomic E-state index is 9.42. The summed E-state index contributed by atoms with van der Waals surface area (Å²) >= 11 is 6.12. The van der Waals surface area contributed by atoms with Crippen LogP contribution in [-0.4, -0.2) is 18.2 Å². The Labute approximate surface area is 108 Å². The van der Waals surface area contributed by atoms with E-state index in [0.29, 0.717) is 10.4 Å². The van der Waals surface area contributed by atoms with Crippen LogP contribution in [0.25, 0.3) is 0 Å². The molecule has 94 valence electrons. The number of anilines is 1. The van der Waals surface area contributed by atoms with Crippen molar-refractivity contribution in [1.29, 1.82) is 0 Å². The van der Waals surface area contributed by atoms with E-state index in [2.05, 4.69) is 24.8 Å². The van der Waals surface area contributed by atoms with Crippen LogP contribution in [0.4, 0.5) is 5.69 Å². The average molecular weight is 254 g/mol. The lowest BCUT2D eigenvalue weighted by Crippen LogP contribution is -2.37. The summed E-state index contributed by atoms with van der Waals surface area (Å²) in [4.78, 5) is 2.34. The van der Waals surface area contributed by atoms with Crippen molar-refractivity contribution in [3.63, 3.8) is 0 Å². The SMILES string of the molecule is CC1(C)CCN(c2cccc(Cl)c2CO)CC1. The topological polar surface area (TPSA) is 23.5 Å². The fourth-order valence-electron chi connectivity index (χ4n) is 2.35. The molecule has 0 radical (unpaired) electrons. The minimum absolute atomic E-state index is 0.00883. The van der Waals surface area contributed by atoms with Crippen LogP contribution in [0.2, 0.25) is 5.02 Å². The highest BCUT2D eigenvalue weighted by Gasteiger charge is 2.26. The molecule has 0 bridgehead atoms. The van der Waals surface area contributed by atoms with E-state index in [1.807, 2.05) is 12.1 Å². The zero-order valence-corrected chi connectivity index (χ0v) is 11.3. The normalized spacial score (nSPS) is 19.4. The first-order valence-electron chi connectivity index (χ1n) is 6.17. The molecule has 1 aliphatic heterocycles. The van der Waals surface area contributed by atoms with Gasteiger partial charge < -0.3 is 10.0 Å². The Hall–Kier alpha value is -0.730. The predicted molar refractivity (Wildman–Crippen MR) is 72.6 cm³/mol. The Morgan fingerprint density at radius 3 is 2.53 bits per heavy atom. The molecule has 3 heteroatoms. The molecule has 17 heavy (non-hydrogen) atoms. The second-order valence-corrected chi connectivity index (χ2v) is 5.95. The molecular formula is C14H20ClNO. The highest BCUT2D eigenvalue weighted by molar-refractivity contribution is 6.31. The van der Waals surface area contributed by atoms with Gasteiger partial charge in [-0.25, -0.2) is 0 Å². The van der Waals surface area contributed by atoms with Crippen LogP contribution in [0, 0.1) is 5.41 Å². The first-order chi connectivity index (χ1) is 8.03. The van der Waals surface area contributed by atoms with Gasteiger partial charge in [0.15, 0.2) is 0 Å². The molecule has 1 heterocycles. The zero-order valence-electron chi connectivity index (χ0n) is 10.5. The van der Waals surface area contributed by atoms with E-state index in [4.69, 9.17) is 11.6 Å². The number of aliphatic hydroxyl groups excluding tert-OH is 1. The van der Waals surface area contributed by atoms with Crippen molar-refractivity contribution in [3.05, 3.63) is 28.8 Å². The third-order valence-corrected chi connectivity index (χ3v) is 4.06. The molecule has 0 amide bonds. The van der Waals surface area contributed by atoms with E-state index in [-0.39, 0.29) is 6.61 Å². The number of hydrogen-bond acceptors (Lipinski definition) is 2. The molecule has 1 N–H and O–H groups in total. The lowest BCUT2D eigenvalue weighted by molar-refractivity contribution is 0.273. The Balaban J connectivity index is 2.21. The second kappa shape index (κ2) is 4.87. The quantitative estimate of drug-likeness (QED) is 0.873. The van der Waals surface area contributed by atoms with Crippen molar-refractivity contribution in [1.82, 2.24) is 0 Å². The maximum atomic E-state index is 9.42. The maximum Gasteiger partial charge on any atom is 0.0716 e. The van der Waals surface area contributed by atoms with Gasteiger partial charge in [-0.3, -0.25) is 0 Å². The van der Waals surface area contributed by atoms with Crippen molar-refractivity contribution in [2.75, 3.05) is 18.0 Å². The van der Waals surface area contributed by atoms with Gasteiger partial charge in [0.25, 0.3) is 0 Å². The van der Waals surface area contributed by atoms with Crippen LogP contribution in [0.5, 0.6) is 0 Å². The Kier molecular flexibility index (Phi) is 3.64. The number of nitrogens with zero attached hydrogens (tertiary/aromatic N) is 1. The standard InChI is InChI=1S/C14H20ClNO/c1-14(2)6-8-16(9-7-14)13-5-3-4-12(15)11(13)10-17/h3-5,17H,6-10H2,1-2H3. The summed E-state index contributed by atoms with van der Waals surface area (Å²) in [6, 6.07) is 5.84. The fraction of sp³-hybridized carbons (Fsp3) is 0.571. The van der Waals surface area contributed by atoms with Gasteiger partial charge in [0.1, 0.15) is 0 Å². The van der Waals surface area contributed by atoms with Gasteiger partial charge in [-0.15, -0.1) is 0 Å².